The maximum absolute atomic E-state index is 13.1. The van der Waals surface area contributed by atoms with Crippen molar-refractivity contribution < 1.29 is 14.3 Å². The van der Waals surface area contributed by atoms with Crippen LogP contribution in [0.2, 0.25) is 0 Å². The summed E-state index contributed by atoms with van der Waals surface area (Å²) in [4.78, 5) is 27.6. The highest BCUT2D eigenvalue weighted by atomic mass is 16.5. The van der Waals surface area contributed by atoms with Crippen LogP contribution in [0.5, 0.6) is 5.75 Å². The number of benzene rings is 2. The van der Waals surface area contributed by atoms with Gasteiger partial charge >= 0.3 is 0 Å². The average Bonchev–Trinajstić information content (AvgIpc) is 2.71. The standard InChI is InChI=1S/C25H34N2O3/c1-6-22(25(29)26-18(2)3)27(15-14-21-10-8-7-9-11-21)24(28)17-30-23-16-19(4)12-13-20(23)5/h7-13,16,18,22H,6,14-15,17H2,1-5H3,(H,26,29)/t22-/m1/s1. The van der Waals surface area contributed by atoms with Gasteiger partial charge in [0.2, 0.25) is 5.91 Å². The van der Waals surface area contributed by atoms with Gasteiger partial charge in [0.05, 0.1) is 0 Å². The molecule has 0 heterocycles. The van der Waals surface area contributed by atoms with Crippen molar-refractivity contribution in [1.29, 1.82) is 0 Å². The van der Waals surface area contributed by atoms with Crippen molar-refractivity contribution >= 4 is 11.8 Å². The summed E-state index contributed by atoms with van der Waals surface area (Å²) >= 11 is 0. The molecule has 0 fully saturated rings. The minimum atomic E-state index is -0.522. The van der Waals surface area contributed by atoms with Crippen molar-refractivity contribution in [2.75, 3.05) is 13.2 Å². The third kappa shape index (κ3) is 6.90. The fourth-order valence-corrected chi connectivity index (χ4v) is 3.36. The molecule has 2 aromatic rings. The lowest BCUT2D eigenvalue weighted by atomic mass is 10.1. The largest absolute Gasteiger partial charge is 0.483 e. The van der Waals surface area contributed by atoms with E-state index in [1.165, 1.54) is 0 Å². The molecular formula is C25H34N2O3. The molecule has 0 spiro atoms. The van der Waals surface area contributed by atoms with Gasteiger partial charge in [-0.3, -0.25) is 9.59 Å². The van der Waals surface area contributed by atoms with Crippen LogP contribution in [0, 0.1) is 13.8 Å². The molecule has 0 aliphatic carbocycles. The topological polar surface area (TPSA) is 58.6 Å². The molecule has 0 aliphatic rings. The molecule has 0 aliphatic heterocycles. The summed E-state index contributed by atoms with van der Waals surface area (Å²) in [6.07, 6.45) is 1.23. The predicted octanol–water partition coefficient (Wildman–Crippen LogP) is 4.06. The molecule has 5 nitrogen and oxygen atoms in total. The molecule has 0 radical (unpaired) electrons. The molecule has 5 heteroatoms. The normalized spacial score (nSPS) is 11.8. The molecule has 0 bridgehead atoms. The highest BCUT2D eigenvalue weighted by Gasteiger charge is 2.29. The zero-order valence-electron chi connectivity index (χ0n) is 18.8. The number of carbonyl (C=O) groups excluding carboxylic acids is 2. The molecule has 0 saturated heterocycles. The third-order valence-corrected chi connectivity index (χ3v) is 5.00. The van der Waals surface area contributed by atoms with E-state index in [4.69, 9.17) is 4.74 Å². The number of hydrogen-bond donors (Lipinski definition) is 1. The van der Waals surface area contributed by atoms with Gasteiger partial charge in [0.1, 0.15) is 11.8 Å². The Morgan fingerprint density at radius 2 is 1.77 bits per heavy atom. The van der Waals surface area contributed by atoms with E-state index in [1.807, 2.05) is 83.1 Å². The van der Waals surface area contributed by atoms with E-state index in [0.717, 1.165) is 16.7 Å². The number of nitrogens with one attached hydrogen (secondary N) is 1. The van der Waals surface area contributed by atoms with Crippen LogP contribution in [0.25, 0.3) is 0 Å². The minimum absolute atomic E-state index is 0.0174. The second-order valence-corrected chi connectivity index (χ2v) is 7.97. The minimum Gasteiger partial charge on any atom is -0.483 e. The Morgan fingerprint density at radius 1 is 1.07 bits per heavy atom. The summed E-state index contributed by atoms with van der Waals surface area (Å²) in [7, 11) is 0. The molecule has 2 amide bonds. The van der Waals surface area contributed by atoms with Gasteiger partial charge in [-0.05, 0) is 63.3 Å². The van der Waals surface area contributed by atoms with Crippen molar-refractivity contribution in [2.45, 2.75) is 59.5 Å². The van der Waals surface area contributed by atoms with Crippen molar-refractivity contribution in [3.8, 4) is 5.75 Å². The summed E-state index contributed by atoms with van der Waals surface area (Å²) in [5.41, 5.74) is 3.19. The maximum atomic E-state index is 13.1. The zero-order chi connectivity index (χ0) is 22.1. The Labute approximate surface area is 180 Å². The molecule has 0 saturated carbocycles. The Kier molecular flexibility index (Phi) is 8.90. The summed E-state index contributed by atoms with van der Waals surface area (Å²) in [6.45, 7) is 10.1. The van der Waals surface area contributed by atoms with Crippen LogP contribution in [-0.2, 0) is 16.0 Å². The van der Waals surface area contributed by atoms with Gasteiger partial charge in [0, 0.05) is 12.6 Å². The van der Waals surface area contributed by atoms with Crippen LogP contribution in [0.15, 0.2) is 48.5 Å². The number of ether oxygens (including phenoxy) is 1. The highest BCUT2D eigenvalue weighted by molar-refractivity contribution is 5.88. The number of nitrogens with zero attached hydrogens (tertiary/aromatic N) is 1. The fourth-order valence-electron chi connectivity index (χ4n) is 3.36. The monoisotopic (exact) mass is 410 g/mol. The molecule has 0 unspecified atom stereocenters. The van der Waals surface area contributed by atoms with Gasteiger partial charge in [0.15, 0.2) is 6.61 Å². The first-order chi connectivity index (χ1) is 14.3. The van der Waals surface area contributed by atoms with Gasteiger partial charge in [-0.15, -0.1) is 0 Å². The fraction of sp³-hybridized carbons (Fsp3) is 0.440. The second kappa shape index (κ2) is 11.4. The van der Waals surface area contributed by atoms with E-state index < -0.39 is 6.04 Å². The molecular weight excluding hydrogens is 376 g/mol. The first-order valence-corrected chi connectivity index (χ1v) is 10.7. The Hall–Kier alpha value is -2.82. The second-order valence-electron chi connectivity index (χ2n) is 7.97. The van der Waals surface area contributed by atoms with Crippen LogP contribution < -0.4 is 10.1 Å². The molecule has 30 heavy (non-hydrogen) atoms. The third-order valence-electron chi connectivity index (χ3n) is 5.00. The van der Waals surface area contributed by atoms with Crippen molar-refractivity contribution in [2.24, 2.45) is 0 Å². The number of rotatable bonds is 10. The molecule has 2 rings (SSSR count). The van der Waals surface area contributed by atoms with Gasteiger partial charge in [-0.2, -0.15) is 0 Å². The molecule has 1 N–H and O–H groups in total. The Bertz CT molecular complexity index is 834. The number of hydrogen-bond acceptors (Lipinski definition) is 3. The van der Waals surface area contributed by atoms with Crippen molar-refractivity contribution in [3.63, 3.8) is 0 Å². The van der Waals surface area contributed by atoms with E-state index >= 15 is 0 Å². The SMILES string of the molecule is CC[C@H](C(=O)NC(C)C)N(CCc1ccccc1)C(=O)COc1cc(C)ccc1C. The first-order valence-electron chi connectivity index (χ1n) is 10.7. The summed E-state index contributed by atoms with van der Waals surface area (Å²) in [5, 5.41) is 2.94. The quantitative estimate of drug-likeness (QED) is 0.643. The highest BCUT2D eigenvalue weighted by Crippen LogP contribution is 2.19. The maximum Gasteiger partial charge on any atom is 0.261 e. The summed E-state index contributed by atoms with van der Waals surface area (Å²) in [5.74, 6) is 0.393. The lowest BCUT2D eigenvalue weighted by Crippen LogP contribution is -2.52. The van der Waals surface area contributed by atoms with Crippen LogP contribution >= 0.6 is 0 Å². The van der Waals surface area contributed by atoms with Crippen LogP contribution in [0.3, 0.4) is 0 Å². The van der Waals surface area contributed by atoms with Gasteiger partial charge < -0.3 is 15.0 Å². The van der Waals surface area contributed by atoms with E-state index in [-0.39, 0.29) is 24.5 Å². The lowest BCUT2D eigenvalue weighted by molar-refractivity contribution is -0.142. The molecule has 162 valence electrons. The summed E-state index contributed by atoms with van der Waals surface area (Å²) in [6, 6.07) is 15.4. The Morgan fingerprint density at radius 3 is 2.40 bits per heavy atom. The molecule has 2 aromatic carbocycles. The van der Waals surface area contributed by atoms with Gasteiger partial charge in [-0.25, -0.2) is 0 Å². The van der Waals surface area contributed by atoms with Crippen LogP contribution in [-0.4, -0.2) is 41.9 Å². The van der Waals surface area contributed by atoms with Crippen LogP contribution in [0.1, 0.15) is 43.9 Å². The smallest absolute Gasteiger partial charge is 0.261 e. The van der Waals surface area contributed by atoms with Gasteiger partial charge in [0.25, 0.3) is 5.91 Å². The Balaban J connectivity index is 2.16. The van der Waals surface area contributed by atoms with Crippen molar-refractivity contribution in [3.05, 3.63) is 65.2 Å². The lowest BCUT2D eigenvalue weighted by Gasteiger charge is -2.31. The van der Waals surface area contributed by atoms with Crippen molar-refractivity contribution in [1.82, 2.24) is 10.2 Å². The number of carbonyl (C=O) groups is 2. The first kappa shape index (κ1) is 23.5. The molecule has 1 atom stereocenters. The van der Waals surface area contributed by atoms with E-state index in [9.17, 15) is 9.59 Å². The van der Waals surface area contributed by atoms with E-state index in [2.05, 4.69) is 5.32 Å². The van der Waals surface area contributed by atoms with Gasteiger partial charge in [-0.1, -0.05) is 49.4 Å². The predicted molar refractivity (Wildman–Crippen MR) is 121 cm³/mol. The van der Waals surface area contributed by atoms with E-state index in [0.29, 0.717) is 25.1 Å². The number of amides is 2. The summed E-state index contributed by atoms with van der Waals surface area (Å²) < 4.78 is 5.85. The van der Waals surface area contributed by atoms with E-state index in [1.54, 1.807) is 4.90 Å². The average molecular weight is 411 g/mol. The molecule has 0 aromatic heterocycles. The number of aryl methyl sites for hydroxylation is 2. The van der Waals surface area contributed by atoms with Crippen LogP contribution in [0.4, 0.5) is 0 Å². The zero-order valence-corrected chi connectivity index (χ0v) is 18.8.